The summed E-state index contributed by atoms with van der Waals surface area (Å²) in [5.41, 5.74) is 15.0. The fourth-order valence-electron chi connectivity index (χ4n) is 9.43. The van der Waals surface area contributed by atoms with Crippen LogP contribution in [0.25, 0.3) is 96.0 Å². The average molecular weight is 807 g/mol. The lowest BCUT2D eigenvalue weighted by Gasteiger charge is -2.29. The van der Waals surface area contributed by atoms with Crippen LogP contribution in [0.1, 0.15) is 41.8 Å². The highest BCUT2D eigenvalue weighted by molar-refractivity contribution is 7.11. The summed E-state index contributed by atoms with van der Waals surface area (Å²) in [4.78, 5) is 5.90. The lowest BCUT2D eigenvalue weighted by molar-refractivity contribution is 0.840. The summed E-state index contributed by atoms with van der Waals surface area (Å²) in [6.07, 6.45) is 21.8. The van der Waals surface area contributed by atoms with Crippen molar-refractivity contribution in [2.75, 3.05) is 12.1 Å². The lowest BCUT2D eigenvalue weighted by Crippen LogP contribution is -2.30. The second-order valence-corrected chi connectivity index (χ2v) is 16.8. The molecule has 10 rings (SSSR count). The normalized spacial score (nSPS) is 16.0. The average Bonchev–Trinajstić information content (AvgIpc) is 4.07. The molecule has 4 heterocycles. The molecular weight excluding hydrogens is 761 g/mol. The van der Waals surface area contributed by atoms with Crippen molar-refractivity contribution in [3.63, 3.8) is 0 Å². The molecule has 2 aliphatic rings. The standard InChI is InChI=1S/C56H46N4S/c1-7-16-43(10-4)59-49-21-15-14-20-46(49)47-33-39(23-26-50(47)59)40-24-27-51-48(34-40)55-45(17-8-2)37(9-3)22-28-52(55)60(51)58(6)56(38-18-12-11-13-19-38)41-25-29-53-42(32-41)35-54(61-53)44-30-31-57-36(44)5/h7-24,26-36H,1,3-4,25H2,2,5-6H3/b17-8-,43-16+,56-41+. The Bertz CT molecular complexity index is 3430. The van der Waals surface area contributed by atoms with Gasteiger partial charge in [-0.25, -0.2) is 0 Å². The number of allylic oxidation sites excluding steroid dienone is 7. The minimum Gasteiger partial charge on any atom is -0.309 e. The van der Waals surface area contributed by atoms with E-state index in [1.807, 2.05) is 41.9 Å². The molecule has 8 aromatic rings. The molecule has 0 amide bonds. The van der Waals surface area contributed by atoms with E-state index in [0.29, 0.717) is 0 Å². The summed E-state index contributed by atoms with van der Waals surface area (Å²) in [6.45, 7) is 16.6. The minimum atomic E-state index is 0.186. The van der Waals surface area contributed by atoms with Crippen LogP contribution in [0.4, 0.5) is 0 Å². The summed E-state index contributed by atoms with van der Waals surface area (Å²) in [6, 6.07) is 40.2. The highest BCUT2D eigenvalue weighted by atomic mass is 32.1. The number of aliphatic imine (C=N–C) groups is 1. The number of hydrogen-bond donors (Lipinski definition) is 0. The van der Waals surface area contributed by atoms with Gasteiger partial charge < -0.3 is 4.57 Å². The number of nitrogens with zero attached hydrogens (tertiary/aromatic N) is 4. The molecule has 1 aliphatic carbocycles. The van der Waals surface area contributed by atoms with Gasteiger partial charge in [0, 0.05) is 49.9 Å². The summed E-state index contributed by atoms with van der Waals surface area (Å²) < 4.78 is 6.01. The van der Waals surface area contributed by atoms with Gasteiger partial charge in [-0.3, -0.25) is 14.7 Å². The van der Waals surface area contributed by atoms with Gasteiger partial charge in [-0.1, -0.05) is 117 Å². The number of thiophene rings is 1. The van der Waals surface area contributed by atoms with E-state index in [-0.39, 0.29) is 6.04 Å². The van der Waals surface area contributed by atoms with Crippen molar-refractivity contribution < 1.29 is 0 Å². The number of hydrogen-bond acceptors (Lipinski definition) is 3. The first-order valence-electron chi connectivity index (χ1n) is 20.9. The minimum absolute atomic E-state index is 0.186. The van der Waals surface area contributed by atoms with Crippen LogP contribution in [0, 0.1) is 0 Å². The van der Waals surface area contributed by atoms with Crippen LogP contribution >= 0.6 is 11.3 Å². The van der Waals surface area contributed by atoms with Crippen molar-refractivity contribution in [2.24, 2.45) is 4.99 Å². The van der Waals surface area contributed by atoms with Crippen molar-refractivity contribution in [1.29, 1.82) is 0 Å². The number of para-hydroxylation sites is 1. The zero-order chi connectivity index (χ0) is 41.8. The van der Waals surface area contributed by atoms with E-state index < -0.39 is 0 Å². The zero-order valence-corrected chi connectivity index (χ0v) is 35.6. The third-order valence-corrected chi connectivity index (χ3v) is 13.4. The van der Waals surface area contributed by atoms with E-state index >= 15 is 0 Å². The second-order valence-electron chi connectivity index (χ2n) is 15.7. The Morgan fingerprint density at radius 1 is 0.820 bits per heavy atom. The van der Waals surface area contributed by atoms with Crippen LogP contribution in [0.15, 0.2) is 170 Å². The molecule has 296 valence electrons. The predicted octanol–water partition coefficient (Wildman–Crippen LogP) is 13.0. The molecular formula is C56H46N4S. The molecule has 0 saturated heterocycles. The topological polar surface area (TPSA) is 25.5 Å². The van der Waals surface area contributed by atoms with Crippen molar-refractivity contribution in [3.8, 4) is 11.1 Å². The van der Waals surface area contributed by atoms with E-state index in [2.05, 4.69) is 199 Å². The van der Waals surface area contributed by atoms with Gasteiger partial charge in [0.2, 0.25) is 0 Å². The van der Waals surface area contributed by atoms with E-state index in [1.54, 1.807) is 0 Å². The van der Waals surface area contributed by atoms with Gasteiger partial charge in [0.05, 0.1) is 33.8 Å². The molecule has 0 radical (unpaired) electrons. The molecule has 0 N–H and O–H groups in total. The summed E-state index contributed by atoms with van der Waals surface area (Å²) in [5, 5.41) is 8.41. The predicted molar refractivity (Wildman–Crippen MR) is 268 cm³/mol. The summed E-state index contributed by atoms with van der Waals surface area (Å²) in [7, 11) is 2.21. The van der Waals surface area contributed by atoms with Crippen LogP contribution in [-0.2, 0) is 0 Å². The molecule has 4 nitrogen and oxygen atoms in total. The molecule has 0 fully saturated rings. The fourth-order valence-corrected chi connectivity index (χ4v) is 10.6. The van der Waals surface area contributed by atoms with Crippen molar-refractivity contribution in [2.45, 2.75) is 26.3 Å². The highest BCUT2D eigenvalue weighted by Gasteiger charge is 2.24. The molecule has 1 unspecified atom stereocenters. The first kappa shape index (κ1) is 38.0. The van der Waals surface area contributed by atoms with E-state index in [4.69, 9.17) is 0 Å². The van der Waals surface area contributed by atoms with Gasteiger partial charge in [0.15, 0.2) is 0 Å². The molecule has 5 aromatic carbocycles. The molecule has 1 aliphatic heterocycles. The van der Waals surface area contributed by atoms with Crippen molar-refractivity contribution >= 4 is 102 Å². The van der Waals surface area contributed by atoms with E-state index in [0.717, 1.165) is 56.4 Å². The maximum absolute atomic E-state index is 4.61. The Hall–Kier alpha value is -7.21. The highest BCUT2D eigenvalue weighted by Crippen LogP contribution is 2.41. The molecule has 1 atom stereocenters. The Kier molecular flexibility index (Phi) is 9.62. The number of rotatable bonds is 10. The van der Waals surface area contributed by atoms with Crippen LogP contribution in [-0.4, -0.2) is 28.5 Å². The maximum atomic E-state index is 4.61. The van der Waals surface area contributed by atoms with Crippen molar-refractivity contribution in [1.82, 2.24) is 9.24 Å². The Morgan fingerprint density at radius 2 is 1.56 bits per heavy atom. The zero-order valence-electron chi connectivity index (χ0n) is 34.8. The van der Waals surface area contributed by atoms with Gasteiger partial charge in [0.1, 0.15) is 0 Å². The van der Waals surface area contributed by atoms with Gasteiger partial charge in [-0.05, 0) is 131 Å². The molecule has 0 spiro atoms. The maximum Gasteiger partial charge on any atom is 0.0735 e. The Balaban J connectivity index is 1.19. The Morgan fingerprint density at radius 3 is 2.30 bits per heavy atom. The van der Waals surface area contributed by atoms with Gasteiger partial charge in [-0.15, -0.1) is 11.3 Å². The molecule has 61 heavy (non-hydrogen) atoms. The van der Waals surface area contributed by atoms with Crippen LogP contribution in [0.3, 0.4) is 0 Å². The van der Waals surface area contributed by atoms with Crippen LogP contribution < -0.4 is 14.8 Å². The molecule has 0 bridgehead atoms. The van der Waals surface area contributed by atoms with Gasteiger partial charge in [-0.2, -0.15) is 0 Å². The van der Waals surface area contributed by atoms with Gasteiger partial charge in [0.25, 0.3) is 0 Å². The smallest absolute Gasteiger partial charge is 0.0735 e. The molecule has 0 saturated carbocycles. The van der Waals surface area contributed by atoms with Gasteiger partial charge >= 0.3 is 0 Å². The monoisotopic (exact) mass is 806 g/mol. The lowest BCUT2D eigenvalue weighted by atomic mass is 9.97. The first-order chi connectivity index (χ1) is 29.9. The largest absolute Gasteiger partial charge is 0.309 e. The SMILES string of the molecule is C=C/C=C(\C=C)n1c2ccccc2c2cc(-c3ccc4c(c3)c3c(/C=C\C)c(C=C)ccc3n4N(C)/C(=C3/C=c4cc(C5=CC=NC5C)sc4=CC3)c3ccccc3)ccc21. The summed E-state index contributed by atoms with van der Waals surface area (Å²) >= 11 is 1.87. The Labute approximate surface area is 360 Å². The van der Waals surface area contributed by atoms with Crippen molar-refractivity contribution in [3.05, 3.63) is 196 Å². The quantitative estimate of drug-likeness (QED) is 0.126. The molecule has 5 heteroatoms. The second kappa shape index (κ2) is 15.4. The first-order valence-corrected chi connectivity index (χ1v) is 21.7. The van der Waals surface area contributed by atoms with E-state index in [1.165, 1.54) is 58.6 Å². The third-order valence-electron chi connectivity index (χ3n) is 12.2. The summed E-state index contributed by atoms with van der Waals surface area (Å²) in [5.74, 6) is 0. The number of fused-ring (bicyclic) bond motifs is 7. The molecule has 3 aromatic heterocycles. The number of aromatic nitrogens is 2. The third kappa shape index (κ3) is 6.23. The van der Waals surface area contributed by atoms with E-state index in [9.17, 15) is 0 Å². The van der Waals surface area contributed by atoms with Crippen LogP contribution in [0.2, 0.25) is 0 Å². The number of benzene rings is 5. The fraction of sp³-hybridized carbons (Fsp3) is 0.0893. The van der Waals surface area contributed by atoms with Crippen LogP contribution in [0.5, 0.6) is 0 Å².